The number of anilines is 1. The van der Waals surface area contributed by atoms with E-state index in [1.54, 1.807) is 30.1 Å². The largest absolute Gasteiger partial charge is 0.399 e. The zero-order valence-electron chi connectivity index (χ0n) is 11.6. The van der Waals surface area contributed by atoms with Crippen molar-refractivity contribution in [2.45, 2.75) is 0 Å². The van der Waals surface area contributed by atoms with Gasteiger partial charge >= 0.3 is 0 Å². The molecule has 0 unspecified atom stereocenters. The molecule has 0 aliphatic rings. The molecule has 4 nitrogen and oxygen atoms in total. The van der Waals surface area contributed by atoms with Gasteiger partial charge in [-0.3, -0.25) is 4.98 Å². The van der Waals surface area contributed by atoms with Gasteiger partial charge in [-0.25, -0.2) is 9.97 Å². The summed E-state index contributed by atoms with van der Waals surface area (Å²) in [6.07, 6.45) is 5.20. The van der Waals surface area contributed by atoms with Crippen molar-refractivity contribution in [3.63, 3.8) is 0 Å². The smallest absolute Gasteiger partial charge is 0.127 e. The van der Waals surface area contributed by atoms with Gasteiger partial charge < -0.3 is 5.73 Å². The second kappa shape index (κ2) is 5.20. The van der Waals surface area contributed by atoms with E-state index in [2.05, 4.69) is 21.0 Å². The average molecular weight is 304 g/mol. The van der Waals surface area contributed by atoms with E-state index in [0.717, 1.165) is 37.6 Å². The molecule has 0 atom stereocenters. The zero-order valence-corrected chi connectivity index (χ0v) is 12.4. The minimum atomic E-state index is 0.730. The molecule has 4 aromatic rings. The summed E-state index contributed by atoms with van der Waals surface area (Å²) >= 11 is 1.65. The van der Waals surface area contributed by atoms with Gasteiger partial charge in [-0.1, -0.05) is 12.1 Å². The second-order valence-electron chi connectivity index (χ2n) is 4.91. The van der Waals surface area contributed by atoms with Crippen molar-refractivity contribution >= 4 is 27.2 Å². The molecule has 3 aromatic heterocycles. The lowest BCUT2D eigenvalue weighted by molar-refractivity contribution is 1.24. The molecule has 0 spiro atoms. The summed E-state index contributed by atoms with van der Waals surface area (Å²) in [7, 11) is 0. The van der Waals surface area contributed by atoms with Crippen LogP contribution in [0.2, 0.25) is 0 Å². The monoisotopic (exact) mass is 304 g/mol. The zero-order chi connectivity index (χ0) is 14.9. The Labute approximate surface area is 131 Å². The van der Waals surface area contributed by atoms with Crippen LogP contribution in [0.1, 0.15) is 0 Å². The van der Waals surface area contributed by atoms with Crippen LogP contribution in [0, 0.1) is 0 Å². The maximum absolute atomic E-state index is 5.89. The summed E-state index contributed by atoms with van der Waals surface area (Å²) < 4.78 is 0. The first-order valence-electron chi connectivity index (χ1n) is 6.82. The van der Waals surface area contributed by atoms with Crippen LogP contribution >= 0.6 is 11.3 Å². The Morgan fingerprint density at radius 3 is 2.59 bits per heavy atom. The van der Waals surface area contributed by atoms with E-state index < -0.39 is 0 Å². The van der Waals surface area contributed by atoms with Crippen LogP contribution in [0.5, 0.6) is 0 Å². The quantitative estimate of drug-likeness (QED) is 0.568. The second-order valence-corrected chi connectivity index (χ2v) is 5.94. The number of nitrogen functional groups attached to an aromatic ring is 1. The number of hydrogen-bond donors (Lipinski definition) is 1. The van der Waals surface area contributed by atoms with E-state index in [4.69, 9.17) is 5.73 Å². The molecule has 1 aromatic carbocycles. The van der Waals surface area contributed by atoms with E-state index in [9.17, 15) is 0 Å². The number of nitrogens with two attached hydrogens (primary N) is 1. The molecule has 3 heterocycles. The van der Waals surface area contributed by atoms with E-state index >= 15 is 0 Å². The molecule has 0 saturated carbocycles. The van der Waals surface area contributed by atoms with Gasteiger partial charge in [-0.05, 0) is 35.9 Å². The minimum absolute atomic E-state index is 0.730. The highest BCUT2D eigenvalue weighted by Gasteiger charge is 2.11. The Morgan fingerprint density at radius 1 is 0.909 bits per heavy atom. The highest BCUT2D eigenvalue weighted by molar-refractivity contribution is 7.21. The molecule has 2 N–H and O–H groups in total. The number of thiophene rings is 1. The first kappa shape index (κ1) is 12.9. The number of pyridine rings is 1. The van der Waals surface area contributed by atoms with E-state index in [1.807, 2.05) is 36.4 Å². The molecule has 5 heteroatoms. The minimum Gasteiger partial charge on any atom is -0.399 e. The van der Waals surface area contributed by atoms with Crippen LogP contribution in [0.3, 0.4) is 0 Å². The summed E-state index contributed by atoms with van der Waals surface area (Å²) in [5.41, 5.74) is 9.67. The summed E-state index contributed by atoms with van der Waals surface area (Å²) in [6, 6.07) is 13.9. The molecule has 0 saturated heterocycles. The molecule has 0 amide bonds. The highest BCUT2D eigenvalue weighted by atomic mass is 32.1. The average Bonchev–Trinajstić information content (AvgIpc) is 3.00. The third-order valence-corrected chi connectivity index (χ3v) is 4.55. The summed E-state index contributed by atoms with van der Waals surface area (Å²) in [5, 5.41) is 1.05. The fourth-order valence-electron chi connectivity index (χ4n) is 2.43. The van der Waals surface area contributed by atoms with Crippen molar-refractivity contribution < 1.29 is 0 Å². The van der Waals surface area contributed by atoms with Crippen molar-refractivity contribution in [1.82, 2.24) is 15.0 Å². The molecule has 0 bridgehead atoms. The van der Waals surface area contributed by atoms with Crippen LogP contribution in [0.25, 0.3) is 31.9 Å². The van der Waals surface area contributed by atoms with E-state index in [1.165, 1.54) is 0 Å². The van der Waals surface area contributed by atoms with Crippen molar-refractivity contribution in [2.24, 2.45) is 0 Å². The molecule has 106 valence electrons. The van der Waals surface area contributed by atoms with Crippen molar-refractivity contribution in [3.05, 3.63) is 61.2 Å². The Balaban J connectivity index is 1.92. The third-order valence-electron chi connectivity index (χ3n) is 3.45. The van der Waals surface area contributed by atoms with Gasteiger partial charge in [0.1, 0.15) is 11.2 Å². The molecular weight excluding hydrogens is 292 g/mol. The van der Waals surface area contributed by atoms with Gasteiger partial charge in [0, 0.05) is 33.9 Å². The number of rotatable bonds is 2. The van der Waals surface area contributed by atoms with Crippen molar-refractivity contribution in [1.29, 1.82) is 0 Å². The van der Waals surface area contributed by atoms with Crippen molar-refractivity contribution in [3.8, 4) is 21.7 Å². The number of fused-ring (bicyclic) bond motifs is 1. The van der Waals surface area contributed by atoms with Gasteiger partial charge in [0.05, 0.1) is 5.69 Å². The van der Waals surface area contributed by atoms with E-state index in [-0.39, 0.29) is 0 Å². The molecule has 0 aliphatic carbocycles. The number of benzene rings is 1. The lowest BCUT2D eigenvalue weighted by atomic mass is 10.1. The Bertz CT molecular complexity index is 947. The van der Waals surface area contributed by atoms with Gasteiger partial charge in [0.15, 0.2) is 0 Å². The Hall–Kier alpha value is -2.79. The molecule has 0 radical (unpaired) electrons. The van der Waals surface area contributed by atoms with Crippen LogP contribution < -0.4 is 5.73 Å². The molecule has 22 heavy (non-hydrogen) atoms. The Morgan fingerprint density at radius 2 is 1.77 bits per heavy atom. The predicted molar refractivity (Wildman–Crippen MR) is 90.5 cm³/mol. The third kappa shape index (κ3) is 2.21. The maximum atomic E-state index is 5.89. The van der Waals surface area contributed by atoms with Crippen LogP contribution in [-0.2, 0) is 0 Å². The number of aromatic nitrogens is 3. The topological polar surface area (TPSA) is 64.7 Å². The predicted octanol–water partition coefficient (Wildman–Crippen LogP) is 4.00. The molecular formula is C17H12N4S. The summed E-state index contributed by atoms with van der Waals surface area (Å²) in [5.74, 6) is 0. The highest BCUT2D eigenvalue weighted by Crippen LogP contribution is 2.36. The lowest BCUT2D eigenvalue weighted by Gasteiger charge is -2.02. The molecule has 0 aliphatic heterocycles. The van der Waals surface area contributed by atoms with Gasteiger partial charge in [0.2, 0.25) is 0 Å². The summed E-state index contributed by atoms with van der Waals surface area (Å²) in [6.45, 7) is 0. The van der Waals surface area contributed by atoms with Gasteiger partial charge in [-0.2, -0.15) is 0 Å². The van der Waals surface area contributed by atoms with Crippen molar-refractivity contribution in [2.75, 3.05) is 5.73 Å². The standard InChI is InChI=1S/C17H12N4S/c18-13-3-1-2-12(8-13)16-14-9-15(11-4-6-19-7-5-11)22-17(14)21-10-20-16/h1-10H,18H2. The van der Waals surface area contributed by atoms with Gasteiger partial charge in [-0.15, -0.1) is 11.3 Å². The maximum Gasteiger partial charge on any atom is 0.127 e. The first-order chi connectivity index (χ1) is 10.8. The SMILES string of the molecule is Nc1cccc(-c2ncnc3sc(-c4ccncc4)cc23)c1. The molecule has 0 fully saturated rings. The molecule has 4 rings (SSSR count). The number of hydrogen-bond acceptors (Lipinski definition) is 5. The fourth-order valence-corrected chi connectivity index (χ4v) is 3.43. The first-order valence-corrected chi connectivity index (χ1v) is 7.64. The normalized spacial score (nSPS) is 10.9. The number of nitrogens with zero attached hydrogens (tertiary/aromatic N) is 3. The van der Waals surface area contributed by atoms with E-state index in [0.29, 0.717) is 0 Å². The van der Waals surface area contributed by atoms with Gasteiger partial charge in [0.25, 0.3) is 0 Å². The van der Waals surface area contributed by atoms with Crippen LogP contribution in [0.15, 0.2) is 61.2 Å². The summed E-state index contributed by atoms with van der Waals surface area (Å²) in [4.78, 5) is 15.0. The lowest BCUT2D eigenvalue weighted by Crippen LogP contribution is -1.88. The Kier molecular flexibility index (Phi) is 3.05. The van der Waals surface area contributed by atoms with Crippen LogP contribution in [0.4, 0.5) is 5.69 Å². The van der Waals surface area contributed by atoms with Crippen LogP contribution in [-0.4, -0.2) is 15.0 Å². The fraction of sp³-hybridized carbons (Fsp3) is 0.